The number of anilines is 1. The van der Waals surface area contributed by atoms with Crippen LogP contribution in [0.4, 0.5) is 5.69 Å². The van der Waals surface area contributed by atoms with Gasteiger partial charge in [0.2, 0.25) is 0 Å². The molecule has 3 aromatic rings. The quantitative estimate of drug-likeness (QED) is 0.305. The van der Waals surface area contributed by atoms with Crippen molar-refractivity contribution in [2.75, 3.05) is 26.6 Å². The second-order valence-electron chi connectivity index (χ2n) is 7.81. The minimum absolute atomic E-state index is 0.246. The number of carbonyl (C=O) groups is 1. The van der Waals surface area contributed by atoms with E-state index in [2.05, 4.69) is 10.3 Å². The van der Waals surface area contributed by atoms with Gasteiger partial charge in [-0.05, 0) is 30.7 Å². The number of hydrogen-bond acceptors (Lipinski definition) is 8. The van der Waals surface area contributed by atoms with E-state index < -0.39 is 12.2 Å². The Kier molecular flexibility index (Phi) is 8.22. The fraction of sp³-hybridized carbons (Fsp3) is 0.320. The topological polar surface area (TPSA) is 78.9 Å². The molecule has 184 valence electrons. The summed E-state index contributed by atoms with van der Waals surface area (Å²) in [6.07, 6.45) is 2.16. The number of thiocarbonyl (C=S) groups is 1. The largest absolute Gasteiger partial charge is 0.493 e. The zero-order valence-electron chi connectivity index (χ0n) is 19.5. The highest BCUT2D eigenvalue weighted by Crippen LogP contribution is 2.44. The van der Waals surface area contributed by atoms with Crippen molar-refractivity contribution in [2.45, 2.75) is 31.5 Å². The molecule has 2 aromatic carbocycles. The van der Waals surface area contributed by atoms with Crippen LogP contribution in [-0.4, -0.2) is 43.4 Å². The molecule has 0 aliphatic carbocycles. The molecule has 1 aromatic heterocycles. The lowest BCUT2D eigenvalue weighted by atomic mass is 9.98. The third-order valence-corrected chi connectivity index (χ3v) is 7.31. The number of aromatic nitrogens is 1. The van der Waals surface area contributed by atoms with Gasteiger partial charge in [0, 0.05) is 39.3 Å². The van der Waals surface area contributed by atoms with Crippen molar-refractivity contribution in [3.05, 3.63) is 68.6 Å². The molecule has 0 unspecified atom stereocenters. The molecule has 4 rings (SSSR count). The molecule has 0 spiro atoms. The number of fused-ring (bicyclic) bond motifs is 1. The number of methoxy groups -OCH3 is 3. The second kappa shape index (κ2) is 11.3. The number of nitrogens with zero attached hydrogens (tertiary/aromatic N) is 1. The van der Waals surface area contributed by atoms with Crippen LogP contribution < -0.4 is 14.8 Å². The predicted octanol–water partition coefficient (Wildman–Crippen LogP) is 5.39. The monoisotopic (exact) mass is 532 g/mol. The molecule has 1 aliphatic heterocycles. The second-order valence-corrected chi connectivity index (χ2v) is 9.88. The Balaban J connectivity index is 1.67. The summed E-state index contributed by atoms with van der Waals surface area (Å²) >= 11 is 13.6. The van der Waals surface area contributed by atoms with Crippen LogP contribution in [0.1, 0.15) is 33.5 Å². The van der Waals surface area contributed by atoms with Crippen LogP contribution in [0.15, 0.2) is 42.6 Å². The van der Waals surface area contributed by atoms with Gasteiger partial charge < -0.3 is 24.3 Å². The average molecular weight is 533 g/mol. The highest BCUT2D eigenvalue weighted by atomic mass is 35.5. The lowest BCUT2D eigenvalue weighted by molar-refractivity contribution is -0.140. The van der Waals surface area contributed by atoms with Crippen LogP contribution in [0, 0.1) is 0 Å². The number of rotatable bonds is 8. The Morgan fingerprint density at radius 1 is 1.20 bits per heavy atom. The first-order chi connectivity index (χ1) is 16.9. The van der Waals surface area contributed by atoms with E-state index in [0.717, 1.165) is 26.7 Å². The van der Waals surface area contributed by atoms with Crippen molar-refractivity contribution in [2.24, 2.45) is 0 Å². The highest BCUT2D eigenvalue weighted by molar-refractivity contribution is 7.80. The number of ether oxygens (including phenoxy) is 4. The van der Waals surface area contributed by atoms with Crippen LogP contribution in [0.2, 0.25) is 5.02 Å². The van der Waals surface area contributed by atoms with Gasteiger partial charge in [0.05, 0.1) is 32.8 Å². The number of hydrogen-bond donors (Lipinski definition) is 1. The molecule has 2 atom stereocenters. The minimum atomic E-state index is -0.523. The van der Waals surface area contributed by atoms with Crippen LogP contribution >= 0.6 is 35.2 Å². The van der Waals surface area contributed by atoms with Gasteiger partial charge in [-0.2, -0.15) is 0 Å². The third kappa shape index (κ3) is 5.75. The lowest BCUT2D eigenvalue weighted by Crippen LogP contribution is -2.30. The molecule has 7 nitrogen and oxygen atoms in total. The fourth-order valence-corrected chi connectivity index (χ4v) is 5.30. The fourth-order valence-electron chi connectivity index (χ4n) is 3.92. The smallest absolute Gasteiger partial charge is 0.305 e. The maximum atomic E-state index is 11.5. The third-order valence-electron chi connectivity index (χ3n) is 5.63. The number of esters is 1. The van der Waals surface area contributed by atoms with Gasteiger partial charge >= 0.3 is 5.97 Å². The molecular formula is C25H25ClN2O5S2. The zero-order valence-corrected chi connectivity index (χ0v) is 21.9. The van der Waals surface area contributed by atoms with E-state index in [1.807, 2.05) is 36.4 Å². The van der Waals surface area contributed by atoms with Crippen molar-refractivity contribution in [3.8, 4) is 11.5 Å². The van der Waals surface area contributed by atoms with Gasteiger partial charge in [0.1, 0.15) is 17.2 Å². The van der Waals surface area contributed by atoms with Gasteiger partial charge in [-0.3, -0.25) is 4.79 Å². The van der Waals surface area contributed by atoms with Crippen LogP contribution in [0.25, 0.3) is 0 Å². The molecule has 10 heteroatoms. The molecule has 0 saturated carbocycles. The van der Waals surface area contributed by atoms with Crippen molar-refractivity contribution < 1.29 is 23.7 Å². The molecule has 0 fully saturated rings. The molecule has 0 radical (unpaired) electrons. The van der Waals surface area contributed by atoms with Gasteiger partial charge in [-0.1, -0.05) is 36.0 Å². The normalized spacial score (nSPS) is 17.2. The Labute approximate surface area is 218 Å². The number of benzene rings is 2. The van der Waals surface area contributed by atoms with Gasteiger partial charge in [0.25, 0.3) is 0 Å². The van der Waals surface area contributed by atoms with Gasteiger partial charge in [-0.25, -0.2) is 4.98 Å². The minimum Gasteiger partial charge on any atom is -0.493 e. The van der Waals surface area contributed by atoms with Gasteiger partial charge in [0.15, 0.2) is 11.5 Å². The average Bonchev–Trinajstić information content (AvgIpc) is 3.27. The molecule has 0 amide bonds. The number of para-hydroxylation sites is 1. The maximum Gasteiger partial charge on any atom is 0.305 e. The van der Waals surface area contributed by atoms with Crippen molar-refractivity contribution in [1.29, 1.82) is 0 Å². The number of halogens is 1. The van der Waals surface area contributed by atoms with E-state index in [9.17, 15) is 4.79 Å². The van der Waals surface area contributed by atoms with E-state index in [-0.39, 0.29) is 5.97 Å². The first-order valence-corrected chi connectivity index (χ1v) is 12.5. The number of aryl methyl sites for hydroxylation is 1. The Morgan fingerprint density at radius 2 is 2.03 bits per heavy atom. The summed E-state index contributed by atoms with van der Waals surface area (Å²) in [5, 5.41) is 4.78. The highest BCUT2D eigenvalue weighted by Gasteiger charge is 2.33. The molecular weight excluding hydrogens is 508 g/mol. The maximum absolute atomic E-state index is 11.5. The predicted molar refractivity (Wildman–Crippen MR) is 140 cm³/mol. The summed E-state index contributed by atoms with van der Waals surface area (Å²) in [7, 11) is 4.58. The van der Waals surface area contributed by atoms with E-state index >= 15 is 0 Å². The lowest BCUT2D eigenvalue weighted by Gasteiger charge is -2.24. The first-order valence-electron chi connectivity index (χ1n) is 10.9. The molecule has 2 heterocycles. The summed E-state index contributed by atoms with van der Waals surface area (Å²) in [6.45, 7) is 0. The number of nitrogens with one attached hydrogen (secondary N) is 1. The van der Waals surface area contributed by atoms with E-state index in [1.165, 1.54) is 18.4 Å². The van der Waals surface area contributed by atoms with Gasteiger partial charge in [-0.15, -0.1) is 11.3 Å². The van der Waals surface area contributed by atoms with Crippen molar-refractivity contribution >= 4 is 51.8 Å². The molecule has 1 N–H and O–H groups in total. The summed E-state index contributed by atoms with van der Waals surface area (Å²) in [5.74, 6) is 0.935. The van der Waals surface area contributed by atoms with Crippen LogP contribution in [0.5, 0.6) is 11.5 Å². The Hall–Kier alpha value is -2.72. The molecule has 0 saturated heterocycles. The molecule has 1 aliphatic rings. The molecule has 0 bridgehead atoms. The zero-order chi connectivity index (χ0) is 24.9. The standard InChI is InChI=1S/C25H25ClN2O5S2/c1-30-19-6-4-5-16(24(19)32-3)23-17-11-14(26)7-9-18(17)28-25(34)20(33-23)12-21-27-13-15(35-21)8-10-22(29)31-2/h4-7,9,11,13,20,23H,8,10,12H2,1-3H3,(H,28,34)/t20-,23-/m1/s1. The Morgan fingerprint density at radius 3 is 2.77 bits per heavy atom. The summed E-state index contributed by atoms with van der Waals surface area (Å²) < 4.78 is 22.6. The summed E-state index contributed by atoms with van der Waals surface area (Å²) in [6, 6.07) is 11.2. The number of thiazole rings is 1. The summed E-state index contributed by atoms with van der Waals surface area (Å²) in [4.78, 5) is 17.6. The van der Waals surface area contributed by atoms with Crippen LogP contribution in [-0.2, 0) is 27.1 Å². The first kappa shape index (κ1) is 25.4. The van der Waals surface area contributed by atoms with E-state index in [4.69, 9.17) is 42.8 Å². The van der Waals surface area contributed by atoms with Crippen LogP contribution in [0.3, 0.4) is 0 Å². The SMILES string of the molecule is COC(=O)CCc1cnc(C[C@H]2O[C@H](c3cccc(OC)c3OC)c3cc(Cl)ccc3NC2=S)s1. The van der Waals surface area contributed by atoms with Crippen molar-refractivity contribution in [1.82, 2.24) is 4.98 Å². The summed E-state index contributed by atoms with van der Waals surface area (Å²) in [5.41, 5.74) is 2.45. The van der Waals surface area contributed by atoms with Crippen molar-refractivity contribution in [3.63, 3.8) is 0 Å². The molecule has 35 heavy (non-hydrogen) atoms. The Bertz CT molecular complexity index is 1230. The van der Waals surface area contributed by atoms with E-state index in [1.54, 1.807) is 20.4 Å². The number of carbonyl (C=O) groups excluding carboxylic acids is 1. The van der Waals surface area contributed by atoms with E-state index in [0.29, 0.717) is 40.8 Å².